The number of carbonyl (C=O) groups is 1. The van der Waals surface area contributed by atoms with Crippen LogP contribution < -0.4 is 11.1 Å². The Bertz CT molecular complexity index is 1080. The first-order valence-corrected chi connectivity index (χ1v) is 9.34. The summed E-state index contributed by atoms with van der Waals surface area (Å²) in [5, 5.41) is 2.29. The number of benzene rings is 1. The van der Waals surface area contributed by atoms with Crippen molar-refractivity contribution < 1.29 is 22.7 Å². The predicted octanol–water partition coefficient (Wildman–Crippen LogP) is 4.10. The Labute approximate surface area is 170 Å². The zero-order chi connectivity index (χ0) is 22.1. The van der Waals surface area contributed by atoms with Crippen molar-refractivity contribution >= 4 is 22.8 Å². The summed E-state index contributed by atoms with van der Waals surface area (Å²) in [5.74, 6) is -0.473. The monoisotopic (exact) mass is 421 g/mol. The summed E-state index contributed by atoms with van der Waals surface area (Å²) in [5.41, 5.74) is 9.15. The third-order valence-electron chi connectivity index (χ3n) is 4.41. The second-order valence-corrected chi connectivity index (χ2v) is 6.82. The molecule has 0 aliphatic heterocycles. The Morgan fingerprint density at radius 1 is 1.33 bits per heavy atom. The number of H-pyrrole nitrogens is 1. The number of aromatic amines is 1. The number of fused-ring (bicyclic) bond motifs is 1. The molecule has 160 valence electrons. The van der Waals surface area contributed by atoms with Crippen molar-refractivity contribution in [3.63, 3.8) is 0 Å². The normalized spacial score (nSPS) is 12.8. The number of alkyl halides is 3. The molecule has 3 aromatic rings. The Morgan fingerprint density at radius 3 is 2.70 bits per heavy atom. The number of nitrogens with zero attached hydrogens (tertiary/aromatic N) is 2. The van der Waals surface area contributed by atoms with E-state index in [4.69, 9.17) is 10.5 Å². The second kappa shape index (κ2) is 8.31. The van der Waals surface area contributed by atoms with E-state index in [0.29, 0.717) is 39.2 Å². The molecule has 0 amide bonds. The number of rotatable bonds is 6. The Kier molecular flexibility index (Phi) is 5.97. The van der Waals surface area contributed by atoms with Gasteiger partial charge in [-0.15, -0.1) is 0 Å². The molecular formula is C20H22F3N5O2. The van der Waals surface area contributed by atoms with Gasteiger partial charge in [0.25, 0.3) is 0 Å². The largest absolute Gasteiger partial charge is 0.462 e. The van der Waals surface area contributed by atoms with Gasteiger partial charge >= 0.3 is 12.1 Å². The maximum atomic E-state index is 12.6. The molecule has 1 unspecified atom stereocenters. The third-order valence-corrected chi connectivity index (χ3v) is 4.41. The fourth-order valence-electron chi connectivity index (χ4n) is 3.09. The average molecular weight is 421 g/mol. The molecule has 0 spiro atoms. The van der Waals surface area contributed by atoms with E-state index in [-0.39, 0.29) is 12.4 Å². The van der Waals surface area contributed by atoms with E-state index in [1.54, 1.807) is 45.0 Å². The fourth-order valence-corrected chi connectivity index (χ4v) is 3.09. The number of halogens is 3. The summed E-state index contributed by atoms with van der Waals surface area (Å²) >= 11 is 0. The van der Waals surface area contributed by atoms with Crippen molar-refractivity contribution in [2.24, 2.45) is 5.73 Å². The molecule has 2 aromatic heterocycles. The van der Waals surface area contributed by atoms with Gasteiger partial charge in [-0.05, 0) is 32.9 Å². The van der Waals surface area contributed by atoms with Crippen LogP contribution in [0, 0.1) is 6.92 Å². The Hall–Kier alpha value is -3.14. The molecule has 0 aliphatic rings. The molecule has 0 aliphatic carbocycles. The van der Waals surface area contributed by atoms with Crippen molar-refractivity contribution in [1.82, 2.24) is 15.0 Å². The van der Waals surface area contributed by atoms with E-state index in [1.165, 1.54) is 0 Å². The van der Waals surface area contributed by atoms with Crippen LogP contribution in [0.2, 0.25) is 0 Å². The van der Waals surface area contributed by atoms with Crippen LogP contribution >= 0.6 is 0 Å². The highest BCUT2D eigenvalue weighted by molar-refractivity contribution is 5.96. The molecule has 1 aromatic carbocycles. The van der Waals surface area contributed by atoms with Crippen LogP contribution in [0.25, 0.3) is 22.3 Å². The zero-order valence-electron chi connectivity index (χ0n) is 16.7. The lowest BCUT2D eigenvalue weighted by Gasteiger charge is -2.12. The first-order chi connectivity index (χ1) is 14.1. The molecule has 0 radical (unpaired) electrons. The highest BCUT2D eigenvalue weighted by Gasteiger charge is 2.27. The van der Waals surface area contributed by atoms with Gasteiger partial charge in [-0.2, -0.15) is 13.2 Å². The number of aryl methyl sites for hydroxylation is 1. The molecule has 1 atom stereocenters. The van der Waals surface area contributed by atoms with Gasteiger partial charge in [0.05, 0.1) is 23.4 Å². The van der Waals surface area contributed by atoms with E-state index in [2.05, 4.69) is 20.3 Å². The van der Waals surface area contributed by atoms with E-state index in [1.807, 2.05) is 0 Å². The molecule has 10 heteroatoms. The quantitative estimate of drug-likeness (QED) is 0.518. The first kappa shape index (κ1) is 21.6. The minimum absolute atomic E-state index is 0.0388. The van der Waals surface area contributed by atoms with E-state index in [9.17, 15) is 18.0 Å². The molecule has 30 heavy (non-hydrogen) atoms. The Morgan fingerprint density at radius 2 is 2.07 bits per heavy atom. The van der Waals surface area contributed by atoms with E-state index in [0.717, 1.165) is 0 Å². The third kappa shape index (κ3) is 4.54. The van der Waals surface area contributed by atoms with Crippen LogP contribution in [0.1, 0.15) is 41.6 Å². The lowest BCUT2D eigenvalue weighted by Crippen LogP contribution is -2.22. The van der Waals surface area contributed by atoms with E-state index < -0.39 is 24.7 Å². The molecule has 0 fully saturated rings. The minimum Gasteiger partial charge on any atom is -0.462 e. The average Bonchev–Trinajstić information content (AvgIpc) is 3.11. The second-order valence-electron chi connectivity index (χ2n) is 6.82. The van der Waals surface area contributed by atoms with Crippen molar-refractivity contribution in [2.45, 2.75) is 33.0 Å². The van der Waals surface area contributed by atoms with Crippen LogP contribution in [0.5, 0.6) is 0 Å². The molecule has 4 N–H and O–H groups in total. The fraction of sp³-hybridized carbons (Fsp3) is 0.350. The number of hydrogen-bond acceptors (Lipinski definition) is 6. The highest BCUT2D eigenvalue weighted by Crippen LogP contribution is 2.31. The molecule has 0 saturated heterocycles. The van der Waals surface area contributed by atoms with Gasteiger partial charge in [0.1, 0.15) is 17.9 Å². The van der Waals surface area contributed by atoms with Gasteiger partial charge in [-0.1, -0.05) is 12.1 Å². The highest BCUT2D eigenvalue weighted by atomic mass is 19.4. The van der Waals surface area contributed by atoms with Crippen molar-refractivity contribution in [1.29, 1.82) is 0 Å². The number of ether oxygens (including phenoxy) is 1. The van der Waals surface area contributed by atoms with Gasteiger partial charge in [-0.3, -0.25) is 0 Å². The Balaban J connectivity index is 2.12. The van der Waals surface area contributed by atoms with Gasteiger partial charge in [0.15, 0.2) is 0 Å². The lowest BCUT2D eigenvalue weighted by atomic mass is 10.1. The van der Waals surface area contributed by atoms with Crippen LogP contribution in [-0.2, 0) is 4.74 Å². The summed E-state index contributed by atoms with van der Waals surface area (Å²) in [6, 6.07) is 6.35. The summed E-state index contributed by atoms with van der Waals surface area (Å²) in [7, 11) is 0. The molecule has 7 nitrogen and oxygen atoms in total. The predicted molar refractivity (Wildman–Crippen MR) is 107 cm³/mol. The van der Waals surface area contributed by atoms with E-state index >= 15 is 0 Å². The number of carbonyl (C=O) groups excluding carboxylic acids is 1. The topological polar surface area (TPSA) is 106 Å². The standard InChI is InChI=1S/C20H22F3N5O2/c1-4-30-19(29)13-8-15(27-16(13)10(2)24)12-6-5-7-14-17(12)28-18(11(3)26-14)25-9-20(21,22)23/h5-8,10,27H,4,9,24H2,1-3H3,(H,25,28). The van der Waals surface area contributed by atoms with Crippen molar-refractivity contribution in [3.8, 4) is 11.3 Å². The number of esters is 1. The molecule has 0 bridgehead atoms. The first-order valence-electron chi connectivity index (χ1n) is 9.34. The summed E-state index contributed by atoms with van der Waals surface area (Å²) < 4.78 is 43.0. The maximum Gasteiger partial charge on any atom is 0.405 e. The number of aromatic nitrogens is 3. The molecular weight excluding hydrogens is 399 g/mol. The van der Waals surface area contributed by atoms with Crippen LogP contribution in [0.15, 0.2) is 24.3 Å². The van der Waals surface area contributed by atoms with Crippen LogP contribution in [-0.4, -0.2) is 40.2 Å². The lowest BCUT2D eigenvalue weighted by molar-refractivity contribution is -0.115. The molecule has 0 saturated carbocycles. The SMILES string of the molecule is CCOC(=O)c1cc(-c2cccc3nc(C)c(NCC(F)(F)F)nc23)[nH]c1C(C)N. The van der Waals surface area contributed by atoms with Crippen molar-refractivity contribution in [3.05, 3.63) is 41.2 Å². The minimum atomic E-state index is -4.39. The van der Waals surface area contributed by atoms with Gasteiger partial charge < -0.3 is 20.8 Å². The van der Waals surface area contributed by atoms with Crippen LogP contribution in [0.3, 0.4) is 0 Å². The zero-order valence-corrected chi connectivity index (χ0v) is 16.7. The molecule has 2 heterocycles. The van der Waals surface area contributed by atoms with Gasteiger partial charge in [0.2, 0.25) is 0 Å². The van der Waals surface area contributed by atoms with Crippen LogP contribution in [0.4, 0.5) is 19.0 Å². The summed E-state index contributed by atoms with van der Waals surface area (Å²) in [4.78, 5) is 24.2. The number of nitrogens with two attached hydrogens (primary N) is 1. The maximum absolute atomic E-state index is 12.6. The number of nitrogens with one attached hydrogen (secondary N) is 2. The smallest absolute Gasteiger partial charge is 0.405 e. The van der Waals surface area contributed by atoms with Crippen molar-refractivity contribution in [2.75, 3.05) is 18.5 Å². The summed E-state index contributed by atoms with van der Waals surface area (Å²) in [6.07, 6.45) is -4.39. The number of para-hydroxylation sites is 1. The number of anilines is 1. The summed E-state index contributed by atoms with van der Waals surface area (Å²) in [6.45, 7) is 4.00. The molecule has 3 rings (SSSR count). The van der Waals surface area contributed by atoms with Gasteiger partial charge in [-0.25, -0.2) is 14.8 Å². The number of hydrogen-bond donors (Lipinski definition) is 3. The van der Waals surface area contributed by atoms with Gasteiger partial charge in [0, 0.05) is 23.0 Å².